The van der Waals surface area contributed by atoms with E-state index in [1.807, 2.05) is 43.0 Å². The van der Waals surface area contributed by atoms with Crippen molar-refractivity contribution in [1.29, 1.82) is 0 Å². The molecule has 1 aliphatic heterocycles. The molecule has 1 aliphatic carbocycles. The van der Waals surface area contributed by atoms with Gasteiger partial charge in [0, 0.05) is 31.1 Å². The molecule has 5 heteroatoms. The lowest BCUT2D eigenvalue weighted by atomic mass is 10.1. The summed E-state index contributed by atoms with van der Waals surface area (Å²) in [7, 11) is 0. The van der Waals surface area contributed by atoms with Gasteiger partial charge >= 0.3 is 0 Å². The van der Waals surface area contributed by atoms with E-state index in [1.54, 1.807) is 4.90 Å². The number of amides is 2. The summed E-state index contributed by atoms with van der Waals surface area (Å²) in [6.07, 6.45) is 4.26. The molecule has 25 heavy (non-hydrogen) atoms. The van der Waals surface area contributed by atoms with Crippen LogP contribution >= 0.6 is 0 Å². The third-order valence-electron chi connectivity index (χ3n) is 5.04. The van der Waals surface area contributed by atoms with Gasteiger partial charge in [0.15, 0.2) is 0 Å². The Labute approximate surface area is 149 Å². The van der Waals surface area contributed by atoms with Crippen LogP contribution in [-0.2, 0) is 16.1 Å². The molecule has 1 atom stereocenters. The first-order valence-electron chi connectivity index (χ1n) is 9.46. The molecular weight excluding hydrogens is 316 g/mol. The number of carbonyl (C=O) groups is 2. The largest absolute Gasteiger partial charge is 0.494 e. The summed E-state index contributed by atoms with van der Waals surface area (Å²) in [6, 6.07) is 7.94. The van der Waals surface area contributed by atoms with Gasteiger partial charge < -0.3 is 14.5 Å². The highest BCUT2D eigenvalue weighted by molar-refractivity contribution is 5.88. The second kappa shape index (κ2) is 7.89. The minimum Gasteiger partial charge on any atom is -0.494 e. The molecule has 0 aromatic heterocycles. The fraction of sp³-hybridized carbons (Fsp3) is 0.600. The zero-order valence-electron chi connectivity index (χ0n) is 15.2. The standard InChI is InChI=1S/C20H28N2O3/c1-3-19(23)21-13-7-9-17(21)20(24)22(16-11-12-16)14-15-8-5-6-10-18(15)25-4-2/h5-6,8,10,16-17H,3-4,7,9,11-14H2,1-2H3. The van der Waals surface area contributed by atoms with Gasteiger partial charge in [0.05, 0.1) is 6.61 Å². The molecule has 0 N–H and O–H groups in total. The minimum absolute atomic E-state index is 0.0845. The number of benzene rings is 1. The van der Waals surface area contributed by atoms with E-state index < -0.39 is 0 Å². The molecule has 136 valence electrons. The Bertz CT molecular complexity index is 627. The van der Waals surface area contributed by atoms with Gasteiger partial charge in [-0.05, 0) is 38.7 Å². The van der Waals surface area contributed by atoms with Gasteiger partial charge in [-0.3, -0.25) is 9.59 Å². The van der Waals surface area contributed by atoms with Gasteiger partial charge in [0.25, 0.3) is 0 Å². The quantitative estimate of drug-likeness (QED) is 0.764. The zero-order valence-corrected chi connectivity index (χ0v) is 15.2. The van der Waals surface area contributed by atoms with Crippen molar-refractivity contribution in [2.24, 2.45) is 0 Å². The summed E-state index contributed by atoms with van der Waals surface area (Å²) < 4.78 is 5.72. The number of carbonyl (C=O) groups excluding carboxylic acids is 2. The van der Waals surface area contributed by atoms with E-state index in [0.717, 1.165) is 37.0 Å². The molecule has 1 saturated heterocycles. The fourth-order valence-electron chi connectivity index (χ4n) is 3.60. The number of ether oxygens (including phenoxy) is 1. The van der Waals surface area contributed by atoms with Crippen LogP contribution < -0.4 is 4.74 Å². The summed E-state index contributed by atoms with van der Waals surface area (Å²) in [6.45, 7) is 5.70. The number of para-hydroxylation sites is 1. The van der Waals surface area contributed by atoms with Crippen LogP contribution in [0.4, 0.5) is 0 Å². The third kappa shape index (κ3) is 3.97. The normalized spacial score (nSPS) is 19.8. The molecule has 5 nitrogen and oxygen atoms in total. The summed E-state index contributed by atoms with van der Waals surface area (Å²) in [5.41, 5.74) is 1.04. The van der Waals surface area contributed by atoms with Crippen molar-refractivity contribution in [2.75, 3.05) is 13.2 Å². The molecule has 1 aromatic carbocycles. The lowest BCUT2D eigenvalue weighted by Crippen LogP contribution is -2.48. The minimum atomic E-state index is -0.285. The molecule has 0 bridgehead atoms. The summed E-state index contributed by atoms with van der Waals surface area (Å²) in [4.78, 5) is 29.2. The van der Waals surface area contributed by atoms with Crippen LogP contribution in [0.2, 0.25) is 0 Å². The molecule has 1 saturated carbocycles. The highest BCUT2D eigenvalue weighted by atomic mass is 16.5. The molecule has 1 aromatic rings. The highest BCUT2D eigenvalue weighted by Gasteiger charge is 2.41. The summed E-state index contributed by atoms with van der Waals surface area (Å²) in [5, 5.41) is 0. The van der Waals surface area contributed by atoms with Crippen LogP contribution in [0.25, 0.3) is 0 Å². The van der Waals surface area contributed by atoms with Crippen LogP contribution in [-0.4, -0.2) is 46.8 Å². The average Bonchev–Trinajstić information content (AvgIpc) is 3.35. The average molecular weight is 344 g/mol. The smallest absolute Gasteiger partial charge is 0.245 e. The molecule has 0 spiro atoms. The maximum Gasteiger partial charge on any atom is 0.245 e. The topological polar surface area (TPSA) is 49.9 Å². The molecule has 3 rings (SSSR count). The van der Waals surface area contributed by atoms with Crippen molar-refractivity contribution < 1.29 is 14.3 Å². The predicted molar refractivity (Wildman–Crippen MR) is 96.2 cm³/mol. The van der Waals surface area contributed by atoms with E-state index in [9.17, 15) is 9.59 Å². The van der Waals surface area contributed by atoms with Crippen LogP contribution in [0, 0.1) is 0 Å². The SMILES string of the molecule is CCOc1ccccc1CN(C(=O)C1CCCN1C(=O)CC)C1CC1. The number of hydrogen-bond donors (Lipinski definition) is 0. The van der Waals surface area contributed by atoms with Crippen molar-refractivity contribution in [3.8, 4) is 5.75 Å². The Morgan fingerprint density at radius 3 is 2.64 bits per heavy atom. The van der Waals surface area contributed by atoms with Gasteiger partial charge in [-0.25, -0.2) is 0 Å². The third-order valence-corrected chi connectivity index (χ3v) is 5.04. The Morgan fingerprint density at radius 1 is 1.20 bits per heavy atom. The number of hydrogen-bond acceptors (Lipinski definition) is 3. The van der Waals surface area contributed by atoms with Crippen LogP contribution in [0.5, 0.6) is 5.75 Å². The lowest BCUT2D eigenvalue weighted by Gasteiger charge is -2.31. The van der Waals surface area contributed by atoms with E-state index in [-0.39, 0.29) is 17.9 Å². The van der Waals surface area contributed by atoms with Crippen molar-refractivity contribution in [2.45, 2.75) is 64.6 Å². The Hall–Kier alpha value is -2.04. The predicted octanol–water partition coefficient (Wildman–Crippen LogP) is 2.98. The van der Waals surface area contributed by atoms with Crippen LogP contribution in [0.3, 0.4) is 0 Å². The first-order chi connectivity index (χ1) is 12.2. The first-order valence-corrected chi connectivity index (χ1v) is 9.46. The second-order valence-corrected chi connectivity index (χ2v) is 6.84. The van der Waals surface area contributed by atoms with Gasteiger partial charge in [-0.15, -0.1) is 0 Å². The molecule has 2 amide bonds. The van der Waals surface area contributed by atoms with Crippen molar-refractivity contribution in [3.63, 3.8) is 0 Å². The zero-order chi connectivity index (χ0) is 17.8. The summed E-state index contributed by atoms with van der Waals surface area (Å²) >= 11 is 0. The maximum atomic E-state index is 13.2. The van der Waals surface area contributed by atoms with Gasteiger partial charge in [0.2, 0.25) is 11.8 Å². The van der Waals surface area contributed by atoms with Crippen molar-refractivity contribution in [3.05, 3.63) is 29.8 Å². The highest BCUT2D eigenvalue weighted by Crippen LogP contribution is 2.33. The van der Waals surface area contributed by atoms with E-state index in [0.29, 0.717) is 32.2 Å². The van der Waals surface area contributed by atoms with E-state index >= 15 is 0 Å². The van der Waals surface area contributed by atoms with E-state index in [2.05, 4.69) is 0 Å². The van der Waals surface area contributed by atoms with Gasteiger partial charge in [-0.2, -0.15) is 0 Å². The Kier molecular flexibility index (Phi) is 5.61. The molecule has 2 fully saturated rings. The van der Waals surface area contributed by atoms with E-state index in [4.69, 9.17) is 4.74 Å². The fourth-order valence-corrected chi connectivity index (χ4v) is 3.60. The lowest BCUT2D eigenvalue weighted by molar-refractivity contribution is -0.144. The number of nitrogens with zero attached hydrogens (tertiary/aromatic N) is 2. The number of rotatable bonds is 7. The number of likely N-dealkylation sites (tertiary alicyclic amines) is 1. The molecular formula is C20H28N2O3. The molecule has 0 radical (unpaired) electrons. The Morgan fingerprint density at radius 2 is 1.96 bits per heavy atom. The maximum absolute atomic E-state index is 13.2. The Balaban J connectivity index is 1.77. The molecule has 1 unspecified atom stereocenters. The monoisotopic (exact) mass is 344 g/mol. The summed E-state index contributed by atoms with van der Waals surface area (Å²) in [5.74, 6) is 1.03. The van der Waals surface area contributed by atoms with E-state index in [1.165, 1.54) is 0 Å². The van der Waals surface area contributed by atoms with Crippen molar-refractivity contribution in [1.82, 2.24) is 9.80 Å². The van der Waals surface area contributed by atoms with Crippen LogP contribution in [0.15, 0.2) is 24.3 Å². The van der Waals surface area contributed by atoms with Gasteiger partial charge in [-0.1, -0.05) is 25.1 Å². The molecule has 2 aliphatic rings. The van der Waals surface area contributed by atoms with Crippen molar-refractivity contribution >= 4 is 11.8 Å². The van der Waals surface area contributed by atoms with Gasteiger partial charge in [0.1, 0.15) is 11.8 Å². The second-order valence-electron chi connectivity index (χ2n) is 6.84. The van der Waals surface area contributed by atoms with Crippen LogP contribution in [0.1, 0.15) is 51.5 Å². The molecule has 1 heterocycles. The first kappa shape index (κ1) is 17.8.